The van der Waals surface area contributed by atoms with Gasteiger partial charge in [-0.3, -0.25) is 0 Å². The Kier molecular flexibility index (Phi) is 6.66. The minimum Gasteiger partial charge on any atom is -0.444 e. The fourth-order valence-electron chi connectivity index (χ4n) is 2.85. The highest BCUT2D eigenvalue weighted by Gasteiger charge is 2.31. The van der Waals surface area contributed by atoms with Gasteiger partial charge in [-0.1, -0.05) is 6.07 Å². The first kappa shape index (κ1) is 22.5. The first-order valence-electron chi connectivity index (χ1n) is 9.02. The highest BCUT2D eigenvalue weighted by atomic mass is 32.1. The lowest BCUT2D eigenvalue weighted by Gasteiger charge is -2.30. The lowest BCUT2D eigenvalue weighted by Crippen LogP contribution is -2.50. The number of aliphatic hydroxyl groups excluding tert-OH is 1. The first-order chi connectivity index (χ1) is 12.8. The van der Waals surface area contributed by atoms with Crippen LogP contribution in [0.1, 0.15) is 51.7 Å². The highest BCUT2D eigenvalue weighted by molar-refractivity contribution is 7.17. The summed E-state index contributed by atoms with van der Waals surface area (Å²) in [6, 6.07) is 3.78. The number of hydrogen-bond donors (Lipinski definition) is 2. The predicted octanol–water partition coefficient (Wildman–Crippen LogP) is 5.52. The number of halogens is 3. The number of rotatable bonds is 6. The summed E-state index contributed by atoms with van der Waals surface area (Å²) in [6.07, 6.45) is -3.16. The minimum absolute atomic E-state index is 0.244. The molecule has 1 heterocycles. The van der Waals surface area contributed by atoms with E-state index in [2.05, 4.69) is 5.32 Å². The van der Waals surface area contributed by atoms with E-state index in [1.165, 1.54) is 23.5 Å². The molecule has 0 radical (unpaired) electrons. The van der Waals surface area contributed by atoms with Crippen LogP contribution in [0.2, 0.25) is 0 Å². The van der Waals surface area contributed by atoms with E-state index in [1.807, 2.05) is 5.38 Å². The van der Waals surface area contributed by atoms with E-state index in [9.17, 15) is 23.1 Å². The van der Waals surface area contributed by atoms with Crippen molar-refractivity contribution < 1.29 is 27.8 Å². The molecule has 28 heavy (non-hydrogen) atoms. The van der Waals surface area contributed by atoms with Gasteiger partial charge in [0.25, 0.3) is 0 Å². The SMILES string of the molecule is CC(C)(C)OC(=O)N[C@](C)(CO)CCCc1csc2cc(C(F)(F)F)ccc12. The third-order valence-electron chi connectivity index (χ3n) is 4.31. The van der Waals surface area contributed by atoms with Crippen molar-refractivity contribution in [1.82, 2.24) is 5.32 Å². The lowest BCUT2D eigenvalue weighted by atomic mass is 9.94. The van der Waals surface area contributed by atoms with Crippen LogP contribution in [0.4, 0.5) is 18.0 Å². The zero-order chi connectivity index (χ0) is 21.2. The number of aliphatic hydroxyl groups is 1. The molecule has 156 valence electrons. The lowest BCUT2D eigenvalue weighted by molar-refractivity contribution is -0.137. The number of fused-ring (bicyclic) bond motifs is 1. The fraction of sp³-hybridized carbons (Fsp3) is 0.550. The molecule has 8 heteroatoms. The van der Waals surface area contributed by atoms with Gasteiger partial charge >= 0.3 is 12.3 Å². The van der Waals surface area contributed by atoms with Crippen LogP contribution in [0, 0.1) is 0 Å². The molecule has 1 aromatic carbocycles. The maximum absolute atomic E-state index is 12.8. The summed E-state index contributed by atoms with van der Waals surface area (Å²) in [7, 11) is 0. The Hall–Kier alpha value is -1.80. The molecule has 0 fully saturated rings. The number of alkyl halides is 3. The number of alkyl carbamates (subject to hydrolysis) is 1. The van der Waals surface area contributed by atoms with E-state index in [4.69, 9.17) is 4.74 Å². The van der Waals surface area contributed by atoms with Gasteiger partial charge in [-0.2, -0.15) is 13.2 Å². The molecule has 0 saturated carbocycles. The Balaban J connectivity index is 2.00. The van der Waals surface area contributed by atoms with Crippen molar-refractivity contribution in [3.8, 4) is 0 Å². The second-order valence-electron chi connectivity index (χ2n) is 8.17. The van der Waals surface area contributed by atoms with Gasteiger partial charge < -0.3 is 15.2 Å². The standard InChI is InChI=1S/C20H26F3NO3S/c1-18(2,3)27-17(26)24-19(4,12-25)9-5-6-13-11-28-16-10-14(20(21,22)23)7-8-15(13)16/h7-8,10-11,25H,5-6,9,12H2,1-4H3,(H,24,26)/t19-/m0/s1. The van der Waals surface area contributed by atoms with Gasteiger partial charge in [0.05, 0.1) is 17.7 Å². The molecule has 0 saturated heterocycles. The Bertz CT molecular complexity index is 826. The summed E-state index contributed by atoms with van der Waals surface area (Å²) in [5, 5.41) is 15.1. The quantitative estimate of drug-likeness (QED) is 0.651. The molecule has 2 rings (SSSR count). The van der Waals surface area contributed by atoms with Crippen LogP contribution >= 0.6 is 11.3 Å². The number of hydrogen-bond acceptors (Lipinski definition) is 4. The van der Waals surface area contributed by atoms with E-state index in [-0.39, 0.29) is 6.61 Å². The van der Waals surface area contributed by atoms with Crippen molar-refractivity contribution >= 4 is 27.5 Å². The van der Waals surface area contributed by atoms with Gasteiger partial charge in [0.15, 0.2) is 0 Å². The maximum Gasteiger partial charge on any atom is 0.416 e. The van der Waals surface area contributed by atoms with Crippen LogP contribution < -0.4 is 5.32 Å². The van der Waals surface area contributed by atoms with E-state index < -0.39 is 29.0 Å². The van der Waals surface area contributed by atoms with Gasteiger partial charge in [-0.25, -0.2) is 4.79 Å². The Labute approximate surface area is 166 Å². The first-order valence-corrected chi connectivity index (χ1v) is 9.90. The topological polar surface area (TPSA) is 58.6 Å². The number of ether oxygens (including phenoxy) is 1. The number of nitrogens with one attached hydrogen (secondary N) is 1. The van der Waals surface area contributed by atoms with Gasteiger partial charge in [-0.15, -0.1) is 11.3 Å². The van der Waals surface area contributed by atoms with Crippen molar-refractivity contribution in [3.05, 3.63) is 34.7 Å². The monoisotopic (exact) mass is 417 g/mol. The Morgan fingerprint density at radius 3 is 2.46 bits per heavy atom. The molecule has 1 atom stereocenters. The average Bonchev–Trinajstić information content (AvgIpc) is 2.94. The number of carbonyl (C=O) groups is 1. The molecular formula is C20H26F3NO3S. The van der Waals surface area contributed by atoms with Crippen LogP contribution in [0.5, 0.6) is 0 Å². The summed E-state index contributed by atoms with van der Waals surface area (Å²) in [6.45, 7) is 6.77. The Morgan fingerprint density at radius 1 is 1.21 bits per heavy atom. The van der Waals surface area contributed by atoms with E-state index in [1.54, 1.807) is 27.7 Å². The zero-order valence-electron chi connectivity index (χ0n) is 16.4. The third kappa shape index (κ3) is 6.10. The summed E-state index contributed by atoms with van der Waals surface area (Å²) < 4.78 is 44.3. The van der Waals surface area contributed by atoms with Crippen LogP contribution in [0.15, 0.2) is 23.6 Å². The Morgan fingerprint density at radius 2 is 1.89 bits per heavy atom. The number of benzene rings is 1. The van der Waals surface area contributed by atoms with E-state index in [0.717, 1.165) is 17.0 Å². The third-order valence-corrected chi connectivity index (χ3v) is 5.30. The maximum atomic E-state index is 12.8. The van der Waals surface area contributed by atoms with Crippen molar-refractivity contribution in [2.75, 3.05) is 6.61 Å². The van der Waals surface area contributed by atoms with Crippen LogP contribution in [-0.4, -0.2) is 28.9 Å². The summed E-state index contributed by atoms with van der Waals surface area (Å²) in [5.41, 5.74) is -1.16. The minimum atomic E-state index is -4.35. The average molecular weight is 417 g/mol. The molecule has 0 unspecified atom stereocenters. The van der Waals surface area contributed by atoms with Crippen LogP contribution in [0.3, 0.4) is 0 Å². The molecule has 1 amide bonds. The normalized spacial score (nSPS) is 14.7. The highest BCUT2D eigenvalue weighted by Crippen LogP contribution is 2.35. The molecule has 0 aliphatic rings. The summed E-state index contributed by atoms with van der Waals surface area (Å²) in [4.78, 5) is 12.0. The summed E-state index contributed by atoms with van der Waals surface area (Å²) >= 11 is 1.29. The molecule has 2 aromatic rings. The number of aryl methyl sites for hydroxylation is 1. The zero-order valence-corrected chi connectivity index (χ0v) is 17.3. The molecule has 0 aliphatic carbocycles. The smallest absolute Gasteiger partial charge is 0.416 e. The number of amides is 1. The van der Waals surface area contributed by atoms with Crippen LogP contribution in [0.25, 0.3) is 10.1 Å². The fourth-order valence-corrected chi connectivity index (χ4v) is 3.89. The van der Waals surface area contributed by atoms with Gasteiger partial charge in [0.2, 0.25) is 0 Å². The molecule has 1 aromatic heterocycles. The van der Waals surface area contributed by atoms with E-state index in [0.29, 0.717) is 24.0 Å². The summed E-state index contributed by atoms with van der Waals surface area (Å²) in [5.74, 6) is 0. The van der Waals surface area contributed by atoms with Crippen molar-refractivity contribution in [2.24, 2.45) is 0 Å². The van der Waals surface area contributed by atoms with Crippen molar-refractivity contribution in [3.63, 3.8) is 0 Å². The molecule has 2 N–H and O–H groups in total. The van der Waals surface area contributed by atoms with Gasteiger partial charge in [-0.05, 0) is 75.4 Å². The van der Waals surface area contributed by atoms with Crippen LogP contribution in [-0.2, 0) is 17.3 Å². The van der Waals surface area contributed by atoms with Gasteiger partial charge in [0.1, 0.15) is 5.60 Å². The molecule has 4 nitrogen and oxygen atoms in total. The van der Waals surface area contributed by atoms with Crippen molar-refractivity contribution in [1.29, 1.82) is 0 Å². The van der Waals surface area contributed by atoms with Gasteiger partial charge in [0, 0.05) is 4.70 Å². The molecular weight excluding hydrogens is 391 g/mol. The number of carbonyl (C=O) groups excluding carboxylic acids is 1. The molecule has 0 bridgehead atoms. The molecule has 0 aliphatic heterocycles. The second kappa shape index (κ2) is 8.29. The predicted molar refractivity (Wildman–Crippen MR) is 105 cm³/mol. The number of thiophene rings is 1. The van der Waals surface area contributed by atoms with E-state index >= 15 is 0 Å². The van der Waals surface area contributed by atoms with Crippen molar-refractivity contribution in [2.45, 2.75) is 64.3 Å². The largest absolute Gasteiger partial charge is 0.444 e. The second-order valence-corrected chi connectivity index (χ2v) is 9.08. The molecule has 0 spiro atoms.